The number of carboxylic acid groups (broad SMARTS) is 1. The van der Waals surface area contributed by atoms with Crippen molar-refractivity contribution in [2.45, 2.75) is 57.8 Å². The maximum atomic E-state index is 13.2. The largest absolute Gasteiger partial charge is 0.480 e. The molecule has 50 heavy (non-hydrogen) atoms. The van der Waals surface area contributed by atoms with Crippen LogP contribution in [0.4, 0.5) is 5.69 Å². The second kappa shape index (κ2) is 14.5. The maximum absolute atomic E-state index is 13.2. The van der Waals surface area contributed by atoms with Gasteiger partial charge < -0.3 is 19.9 Å². The minimum absolute atomic E-state index is 0.269. The normalized spacial score (nSPS) is 18.5. The predicted octanol–water partition coefficient (Wildman–Crippen LogP) is 7.43. The molecule has 4 heterocycles. The highest BCUT2D eigenvalue weighted by molar-refractivity contribution is 6.36. The van der Waals surface area contributed by atoms with Gasteiger partial charge >= 0.3 is 5.97 Å². The molecule has 10 nitrogen and oxygen atoms in total. The van der Waals surface area contributed by atoms with Crippen LogP contribution < -0.4 is 5.32 Å². The Bertz CT molecular complexity index is 2070. The molecule has 2 aliphatic heterocycles. The van der Waals surface area contributed by atoms with Crippen LogP contribution in [0, 0.1) is 6.92 Å². The number of β-amino-alcohol motifs (C(OH)–C–C–N with tert-alkyl or cyclic N) is 1. The lowest BCUT2D eigenvalue weighted by Gasteiger charge is -2.32. The lowest BCUT2D eigenvalue weighted by molar-refractivity contribution is -0.144. The fourth-order valence-electron chi connectivity index (χ4n) is 7.00. The highest BCUT2D eigenvalue weighted by Gasteiger charge is 2.29. The van der Waals surface area contributed by atoms with E-state index in [1.807, 2.05) is 60.4 Å². The molecule has 0 radical (unpaired) electrons. The van der Waals surface area contributed by atoms with E-state index < -0.39 is 12.0 Å². The topological polar surface area (TPSA) is 132 Å². The summed E-state index contributed by atoms with van der Waals surface area (Å²) in [5, 5.41) is 23.2. The van der Waals surface area contributed by atoms with Gasteiger partial charge in [-0.15, -0.1) is 0 Å². The minimum Gasteiger partial charge on any atom is -0.480 e. The number of piperidine rings is 1. The van der Waals surface area contributed by atoms with Crippen molar-refractivity contribution >= 4 is 51.9 Å². The standard InChI is InChI=1S/C38H37Cl2N5O5/c1-22-26(28-8-5-9-30(34(28)40)42-36(47)31-12-11-23(18-41-31)19-44-15-13-25(46)21-44)6-4-7-27(22)37-43-32-17-24(16-29(39)35(32)50-37)20-45-14-3-2-10-33(45)38(48)49/h4-9,11-12,16-18,25,33,46H,2-3,10,13-15,19-21H2,1H3,(H,42,47)(H,48,49). The predicted molar refractivity (Wildman–Crippen MR) is 193 cm³/mol. The number of carbonyl (C=O) groups excluding carboxylic acids is 1. The first-order chi connectivity index (χ1) is 24.1. The first-order valence-corrected chi connectivity index (χ1v) is 17.5. The zero-order valence-corrected chi connectivity index (χ0v) is 29.0. The van der Waals surface area contributed by atoms with Crippen LogP contribution in [0.25, 0.3) is 33.7 Å². The lowest BCUT2D eigenvalue weighted by Crippen LogP contribution is -2.43. The molecular weight excluding hydrogens is 677 g/mol. The monoisotopic (exact) mass is 713 g/mol. The molecule has 7 rings (SSSR count). The average molecular weight is 715 g/mol. The van der Waals surface area contributed by atoms with Gasteiger partial charge in [0.2, 0.25) is 5.89 Å². The van der Waals surface area contributed by atoms with Crippen molar-refractivity contribution < 1.29 is 24.2 Å². The van der Waals surface area contributed by atoms with Gasteiger partial charge in [0.05, 0.1) is 21.8 Å². The second-order valence-electron chi connectivity index (χ2n) is 13.1. The summed E-state index contributed by atoms with van der Waals surface area (Å²) in [4.78, 5) is 38.3. The summed E-state index contributed by atoms with van der Waals surface area (Å²) >= 11 is 13.6. The molecule has 1 amide bonds. The van der Waals surface area contributed by atoms with Gasteiger partial charge in [-0.1, -0.05) is 60.0 Å². The SMILES string of the molecule is Cc1c(-c2nc3cc(CN4CCCCC4C(=O)O)cc(Cl)c3o2)cccc1-c1cccc(NC(=O)c2ccc(CN3CCC(O)C3)cn2)c1Cl. The first-order valence-electron chi connectivity index (χ1n) is 16.8. The second-order valence-corrected chi connectivity index (χ2v) is 13.9. The smallest absolute Gasteiger partial charge is 0.320 e. The molecule has 2 aromatic heterocycles. The van der Waals surface area contributed by atoms with E-state index in [0.29, 0.717) is 65.3 Å². The Morgan fingerprint density at radius 1 is 0.960 bits per heavy atom. The lowest BCUT2D eigenvalue weighted by atomic mass is 9.96. The van der Waals surface area contributed by atoms with E-state index in [2.05, 4.69) is 15.2 Å². The maximum Gasteiger partial charge on any atom is 0.320 e. The number of amides is 1. The molecule has 0 bridgehead atoms. The number of rotatable bonds is 9. The quantitative estimate of drug-likeness (QED) is 0.143. The summed E-state index contributed by atoms with van der Waals surface area (Å²) in [7, 11) is 0. The van der Waals surface area contributed by atoms with Crippen molar-refractivity contribution in [3.05, 3.63) is 99.3 Å². The average Bonchev–Trinajstić information content (AvgIpc) is 3.72. The highest BCUT2D eigenvalue weighted by atomic mass is 35.5. The van der Waals surface area contributed by atoms with Crippen LogP contribution in [0.15, 0.2) is 71.3 Å². The van der Waals surface area contributed by atoms with Crippen molar-refractivity contribution in [2.75, 3.05) is 25.0 Å². The van der Waals surface area contributed by atoms with E-state index in [1.165, 1.54) is 0 Å². The molecular formula is C38H37Cl2N5O5. The number of benzene rings is 3. The third-order valence-electron chi connectivity index (χ3n) is 9.60. The summed E-state index contributed by atoms with van der Waals surface area (Å²) in [6, 6.07) is 18.0. The Balaban J connectivity index is 1.11. The van der Waals surface area contributed by atoms with Crippen LogP contribution >= 0.6 is 23.2 Å². The number of halogens is 2. The molecule has 12 heteroatoms. The Morgan fingerprint density at radius 3 is 2.52 bits per heavy atom. The Morgan fingerprint density at radius 2 is 1.76 bits per heavy atom. The van der Waals surface area contributed by atoms with E-state index in [1.54, 1.807) is 18.3 Å². The Kier molecular flexibility index (Phi) is 9.90. The van der Waals surface area contributed by atoms with E-state index in [9.17, 15) is 19.8 Å². The van der Waals surface area contributed by atoms with E-state index in [0.717, 1.165) is 59.2 Å². The van der Waals surface area contributed by atoms with Crippen molar-refractivity contribution in [2.24, 2.45) is 0 Å². The summed E-state index contributed by atoms with van der Waals surface area (Å²) < 4.78 is 6.21. The van der Waals surface area contributed by atoms with Gasteiger partial charge in [-0.25, -0.2) is 4.98 Å². The highest BCUT2D eigenvalue weighted by Crippen LogP contribution is 2.40. The van der Waals surface area contributed by atoms with Crippen LogP contribution in [-0.4, -0.2) is 73.6 Å². The number of hydrogen-bond donors (Lipinski definition) is 3. The van der Waals surface area contributed by atoms with E-state index in [-0.39, 0.29) is 17.7 Å². The molecule has 2 saturated heterocycles. The van der Waals surface area contributed by atoms with Gasteiger partial charge in [0.1, 0.15) is 17.3 Å². The molecule has 3 N–H and O–H groups in total. The van der Waals surface area contributed by atoms with Gasteiger partial charge in [-0.2, -0.15) is 0 Å². The summed E-state index contributed by atoms with van der Waals surface area (Å²) in [5.74, 6) is -0.780. The summed E-state index contributed by atoms with van der Waals surface area (Å²) in [6.45, 7) is 5.28. The van der Waals surface area contributed by atoms with Crippen molar-refractivity contribution in [1.29, 1.82) is 0 Å². The van der Waals surface area contributed by atoms with Gasteiger partial charge in [-0.3, -0.25) is 24.4 Å². The molecule has 2 atom stereocenters. The van der Waals surface area contributed by atoms with Crippen molar-refractivity contribution in [3.8, 4) is 22.6 Å². The number of likely N-dealkylation sites (tertiary alicyclic amines) is 2. The number of nitrogens with one attached hydrogen (secondary N) is 1. The number of aliphatic hydroxyl groups excluding tert-OH is 1. The Labute approximate surface area is 299 Å². The number of oxazole rings is 1. The number of carboxylic acids is 1. The molecule has 0 spiro atoms. The summed E-state index contributed by atoms with van der Waals surface area (Å²) in [6.07, 6.45) is 4.66. The van der Waals surface area contributed by atoms with Gasteiger partial charge in [0.15, 0.2) is 5.58 Å². The minimum atomic E-state index is -0.803. The number of anilines is 1. The molecule has 0 saturated carbocycles. The molecule has 2 unspecified atom stereocenters. The van der Waals surface area contributed by atoms with Gasteiger partial charge in [0.25, 0.3) is 5.91 Å². The zero-order chi connectivity index (χ0) is 34.9. The van der Waals surface area contributed by atoms with Crippen molar-refractivity contribution in [1.82, 2.24) is 19.8 Å². The number of carbonyl (C=O) groups is 2. The van der Waals surface area contributed by atoms with Gasteiger partial charge in [-0.05, 0) is 85.3 Å². The molecule has 5 aromatic rings. The zero-order valence-electron chi connectivity index (χ0n) is 27.5. The number of aliphatic carboxylic acids is 1. The number of aromatic nitrogens is 2. The van der Waals surface area contributed by atoms with Gasteiger partial charge in [0, 0.05) is 43.5 Å². The van der Waals surface area contributed by atoms with E-state index >= 15 is 0 Å². The van der Waals surface area contributed by atoms with Crippen LogP contribution in [0.1, 0.15) is 52.9 Å². The van der Waals surface area contributed by atoms with Crippen LogP contribution in [-0.2, 0) is 17.9 Å². The number of fused-ring (bicyclic) bond motifs is 1. The first kappa shape index (κ1) is 34.1. The third kappa shape index (κ3) is 7.12. The molecule has 2 fully saturated rings. The fourth-order valence-corrected chi connectivity index (χ4v) is 7.55. The number of aliphatic hydroxyl groups is 1. The Hall–Kier alpha value is -4.32. The van der Waals surface area contributed by atoms with E-state index in [4.69, 9.17) is 32.6 Å². The molecule has 2 aliphatic rings. The number of nitrogens with zero attached hydrogens (tertiary/aromatic N) is 4. The van der Waals surface area contributed by atoms with Crippen LogP contribution in [0.2, 0.25) is 10.0 Å². The third-order valence-corrected chi connectivity index (χ3v) is 10.3. The number of hydrogen-bond acceptors (Lipinski definition) is 8. The van der Waals surface area contributed by atoms with Crippen LogP contribution in [0.5, 0.6) is 0 Å². The fraction of sp³-hybridized carbons (Fsp3) is 0.316. The van der Waals surface area contributed by atoms with Crippen LogP contribution in [0.3, 0.4) is 0 Å². The molecule has 3 aromatic carbocycles. The molecule has 0 aliphatic carbocycles. The van der Waals surface area contributed by atoms with Crippen molar-refractivity contribution in [3.63, 3.8) is 0 Å². The summed E-state index contributed by atoms with van der Waals surface area (Å²) in [5.41, 5.74) is 6.83. The molecule has 258 valence electrons. The number of pyridine rings is 1.